The minimum atomic E-state index is -0.0364. The molecule has 0 bridgehead atoms. The van der Waals surface area contributed by atoms with Crippen LogP contribution in [0.1, 0.15) is 31.0 Å². The minimum Gasteiger partial charge on any atom is -0.444 e. The van der Waals surface area contributed by atoms with Gasteiger partial charge in [-0.15, -0.1) is 0 Å². The number of nitrogens with one attached hydrogen (secondary N) is 3. The monoisotopic (exact) mass is 446 g/mol. The fraction of sp³-hybridized carbons (Fsp3) is 0.320. The molecule has 8 nitrogen and oxygen atoms in total. The van der Waals surface area contributed by atoms with Crippen LogP contribution in [0.25, 0.3) is 11.5 Å². The molecule has 2 heterocycles. The van der Waals surface area contributed by atoms with Gasteiger partial charge >= 0.3 is 6.03 Å². The van der Waals surface area contributed by atoms with Crippen molar-refractivity contribution in [2.75, 3.05) is 25.0 Å². The number of benzene rings is 2. The number of aromatic nitrogens is 1. The van der Waals surface area contributed by atoms with E-state index in [0.717, 1.165) is 55.0 Å². The van der Waals surface area contributed by atoms with Crippen LogP contribution in [0, 0.1) is 0 Å². The first-order valence-electron chi connectivity index (χ1n) is 11.4. The van der Waals surface area contributed by atoms with Crippen molar-refractivity contribution in [1.82, 2.24) is 20.5 Å². The third kappa shape index (κ3) is 6.35. The average Bonchev–Trinajstić information content (AvgIpc) is 3.54. The van der Waals surface area contributed by atoms with Gasteiger partial charge in [-0.25, -0.2) is 14.8 Å². The van der Waals surface area contributed by atoms with Gasteiger partial charge in [-0.2, -0.15) is 0 Å². The number of hydrogen-bond donors (Lipinski definition) is 3. The summed E-state index contributed by atoms with van der Waals surface area (Å²) in [6, 6.07) is 17.6. The molecular weight excluding hydrogens is 416 g/mol. The summed E-state index contributed by atoms with van der Waals surface area (Å²) in [5, 5.41) is 9.53. The zero-order valence-electron chi connectivity index (χ0n) is 18.9. The minimum absolute atomic E-state index is 0.0364. The fourth-order valence-electron chi connectivity index (χ4n) is 3.66. The molecule has 0 spiro atoms. The first-order valence-corrected chi connectivity index (χ1v) is 11.4. The molecule has 4 rings (SSSR count). The summed E-state index contributed by atoms with van der Waals surface area (Å²) in [7, 11) is 0. The Morgan fingerprint density at radius 2 is 1.91 bits per heavy atom. The van der Waals surface area contributed by atoms with Crippen molar-refractivity contribution in [2.24, 2.45) is 4.99 Å². The van der Waals surface area contributed by atoms with Gasteiger partial charge in [0.05, 0.1) is 18.8 Å². The van der Waals surface area contributed by atoms with Crippen LogP contribution < -0.4 is 16.0 Å². The predicted molar refractivity (Wildman–Crippen MR) is 130 cm³/mol. The first kappa shape index (κ1) is 22.4. The van der Waals surface area contributed by atoms with Gasteiger partial charge in [0.15, 0.2) is 5.96 Å². The molecule has 0 radical (unpaired) electrons. The number of carbonyl (C=O) groups excluding carboxylic acids is 1. The van der Waals surface area contributed by atoms with Gasteiger partial charge in [0.2, 0.25) is 5.89 Å². The Hall–Kier alpha value is -3.81. The third-order valence-electron chi connectivity index (χ3n) is 5.34. The molecule has 1 aliphatic rings. The Morgan fingerprint density at radius 3 is 2.70 bits per heavy atom. The van der Waals surface area contributed by atoms with Crippen LogP contribution in [0.3, 0.4) is 0 Å². The molecule has 3 aromatic rings. The smallest absolute Gasteiger partial charge is 0.321 e. The quantitative estimate of drug-likeness (QED) is 0.373. The zero-order valence-corrected chi connectivity index (χ0v) is 18.9. The third-order valence-corrected chi connectivity index (χ3v) is 5.34. The fourth-order valence-corrected chi connectivity index (χ4v) is 3.66. The van der Waals surface area contributed by atoms with E-state index in [1.807, 2.05) is 66.4 Å². The number of oxazole rings is 1. The molecule has 2 aromatic carbocycles. The molecule has 8 heteroatoms. The van der Waals surface area contributed by atoms with E-state index in [-0.39, 0.29) is 6.03 Å². The lowest BCUT2D eigenvalue weighted by Crippen LogP contribution is -2.36. The van der Waals surface area contributed by atoms with E-state index in [2.05, 4.69) is 25.9 Å². The van der Waals surface area contributed by atoms with Crippen molar-refractivity contribution in [1.29, 1.82) is 0 Å². The Morgan fingerprint density at radius 1 is 1.09 bits per heavy atom. The van der Waals surface area contributed by atoms with Crippen LogP contribution in [0.4, 0.5) is 10.5 Å². The second kappa shape index (κ2) is 11.2. The van der Waals surface area contributed by atoms with Gasteiger partial charge in [-0.3, -0.25) is 0 Å². The lowest BCUT2D eigenvalue weighted by Gasteiger charge is -2.16. The Balaban J connectivity index is 1.34. The van der Waals surface area contributed by atoms with Crippen LogP contribution in [0.2, 0.25) is 0 Å². The number of likely N-dealkylation sites (tertiary alicyclic amines) is 1. The maximum absolute atomic E-state index is 12.3. The van der Waals surface area contributed by atoms with Crippen LogP contribution in [0.15, 0.2) is 70.3 Å². The molecule has 33 heavy (non-hydrogen) atoms. The van der Waals surface area contributed by atoms with E-state index in [9.17, 15) is 4.79 Å². The summed E-state index contributed by atoms with van der Waals surface area (Å²) in [6.45, 7) is 5.39. The maximum atomic E-state index is 12.3. The number of carbonyl (C=O) groups is 1. The number of anilines is 1. The van der Waals surface area contributed by atoms with Crippen molar-refractivity contribution in [2.45, 2.75) is 32.9 Å². The van der Waals surface area contributed by atoms with Crippen molar-refractivity contribution >= 4 is 17.7 Å². The van der Waals surface area contributed by atoms with E-state index in [1.165, 1.54) is 0 Å². The second-order valence-corrected chi connectivity index (χ2v) is 7.88. The highest BCUT2D eigenvalue weighted by atomic mass is 16.3. The van der Waals surface area contributed by atoms with Gasteiger partial charge in [-0.05, 0) is 49.6 Å². The molecule has 0 unspecified atom stereocenters. The number of hydrogen-bond acceptors (Lipinski definition) is 4. The molecule has 2 amide bonds. The molecular formula is C25H30N6O2. The van der Waals surface area contributed by atoms with Gasteiger partial charge in [-0.1, -0.05) is 30.3 Å². The highest BCUT2D eigenvalue weighted by Crippen LogP contribution is 2.18. The van der Waals surface area contributed by atoms with Crippen LogP contribution in [-0.4, -0.2) is 41.5 Å². The summed E-state index contributed by atoms with van der Waals surface area (Å²) < 4.78 is 5.60. The zero-order chi connectivity index (χ0) is 22.9. The summed E-state index contributed by atoms with van der Waals surface area (Å²) in [5.41, 5.74) is 3.54. The number of nitrogens with zero attached hydrogens (tertiary/aromatic N) is 3. The lowest BCUT2D eigenvalue weighted by atomic mass is 10.2. The summed E-state index contributed by atoms with van der Waals surface area (Å²) in [5.74, 6) is 1.29. The Kier molecular flexibility index (Phi) is 7.58. The Bertz CT molecular complexity index is 1070. The summed E-state index contributed by atoms with van der Waals surface area (Å²) in [4.78, 5) is 23.4. The molecule has 0 aliphatic carbocycles. The molecule has 1 aromatic heterocycles. The van der Waals surface area contributed by atoms with Crippen LogP contribution in [0.5, 0.6) is 0 Å². The normalized spacial score (nSPS) is 13.7. The van der Waals surface area contributed by atoms with E-state index in [1.54, 1.807) is 6.26 Å². The van der Waals surface area contributed by atoms with Crippen molar-refractivity contribution in [3.63, 3.8) is 0 Å². The highest BCUT2D eigenvalue weighted by molar-refractivity contribution is 5.89. The molecule has 1 aliphatic heterocycles. The van der Waals surface area contributed by atoms with Gasteiger partial charge < -0.3 is 25.3 Å². The Labute approximate surface area is 194 Å². The number of urea groups is 1. The molecule has 0 atom stereocenters. The van der Waals surface area contributed by atoms with Crippen LogP contribution in [-0.2, 0) is 13.1 Å². The predicted octanol–water partition coefficient (Wildman–Crippen LogP) is 4.22. The number of amides is 2. The van der Waals surface area contributed by atoms with Gasteiger partial charge in [0.1, 0.15) is 6.26 Å². The lowest BCUT2D eigenvalue weighted by molar-refractivity contribution is 0.222. The van der Waals surface area contributed by atoms with Crippen LogP contribution >= 0.6 is 0 Å². The van der Waals surface area contributed by atoms with E-state index < -0.39 is 0 Å². The van der Waals surface area contributed by atoms with E-state index in [0.29, 0.717) is 24.9 Å². The van der Waals surface area contributed by atoms with E-state index >= 15 is 0 Å². The van der Waals surface area contributed by atoms with E-state index in [4.69, 9.17) is 4.42 Å². The van der Waals surface area contributed by atoms with Crippen molar-refractivity contribution in [3.8, 4) is 11.5 Å². The number of rotatable bonds is 7. The first-order chi connectivity index (χ1) is 16.2. The SMILES string of the molecule is CCNC(=NCc1cccc(NC(=O)N2CCCC2)c1)NCc1coc(-c2ccccc2)n1. The summed E-state index contributed by atoms with van der Waals surface area (Å²) in [6.07, 6.45) is 3.81. The molecule has 172 valence electrons. The number of guanidine groups is 1. The van der Waals surface area contributed by atoms with Gasteiger partial charge in [0, 0.05) is 30.9 Å². The standard InChI is InChI=1S/C25H30N6O2/c1-2-26-24(28-17-22-18-33-23(29-22)20-10-4-3-5-11-20)27-16-19-9-8-12-21(15-19)30-25(32)31-13-6-7-14-31/h3-5,8-12,15,18H,2,6-7,13-14,16-17H2,1H3,(H,30,32)(H2,26,27,28). The number of aliphatic imine (C=N–C) groups is 1. The summed E-state index contributed by atoms with van der Waals surface area (Å²) >= 11 is 0. The topological polar surface area (TPSA) is 94.8 Å². The molecule has 3 N–H and O–H groups in total. The second-order valence-electron chi connectivity index (χ2n) is 7.88. The molecule has 1 fully saturated rings. The van der Waals surface area contributed by atoms with Gasteiger partial charge in [0.25, 0.3) is 0 Å². The molecule has 1 saturated heterocycles. The molecule has 0 saturated carbocycles. The highest BCUT2D eigenvalue weighted by Gasteiger charge is 2.17. The largest absolute Gasteiger partial charge is 0.444 e. The van der Waals surface area contributed by atoms with Crippen molar-refractivity contribution in [3.05, 3.63) is 72.1 Å². The average molecular weight is 447 g/mol. The maximum Gasteiger partial charge on any atom is 0.321 e. The van der Waals surface area contributed by atoms with Crippen molar-refractivity contribution < 1.29 is 9.21 Å².